The second-order valence-corrected chi connectivity index (χ2v) is 12.3. The lowest BCUT2D eigenvalue weighted by Gasteiger charge is -2.22. The molecule has 0 aromatic carbocycles. The van der Waals surface area contributed by atoms with E-state index in [1.165, 1.54) is 57.8 Å². The number of hydrogen-bond acceptors (Lipinski definition) is 13. The highest BCUT2D eigenvalue weighted by Crippen LogP contribution is 2.25. The summed E-state index contributed by atoms with van der Waals surface area (Å²) in [5.41, 5.74) is -1.10. The fourth-order valence-electron chi connectivity index (χ4n) is 5.59. The van der Waals surface area contributed by atoms with Crippen LogP contribution in [0.2, 0.25) is 0 Å². The molecule has 0 radical (unpaired) electrons. The van der Waals surface area contributed by atoms with Crippen LogP contribution in [0, 0.1) is 5.92 Å². The molecule has 0 fully saturated rings. The van der Waals surface area contributed by atoms with E-state index in [0.717, 1.165) is 19.3 Å². The molecule has 0 aliphatic carbocycles. The second-order valence-electron chi connectivity index (χ2n) is 12.3. The number of aliphatic hydroxyl groups is 3. The molecule has 272 valence electrons. The molecule has 2 rings (SSSR count). The SMILES string of the molecule is CCCCCCCCCCCCCCCC(=O)C1=C(O)[C@@H](COC(=O)C(C)[C@H](CC)OCCOC(=O)C2=C(O)[C@@H](CO)OC2=O)OC1=O. The summed E-state index contributed by atoms with van der Waals surface area (Å²) in [6.45, 7) is 3.90. The van der Waals surface area contributed by atoms with Gasteiger partial charge in [0.25, 0.3) is 0 Å². The van der Waals surface area contributed by atoms with Gasteiger partial charge in [0.05, 0.1) is 25.2 Å². The summed E-state index contributed by atoms with van der Waals surface area (Å²) in [5.74, 6) is -6.43. The van der Waals surface area contributed by atoms with Gasteiger partial charge in [-0.15, -0.1) is 0 Å². The Labute approximate surface area is 283 Å². The molecule has 3 N–H and O–H groups in total. The molecule has 0 saturated heterocycles. The molecule has 0 spiro atoms. The van der Waals surface area contributed by atoms with Crippen molar-refractivity contribution in [1.29, 1.82) is 0 Å². The van der Waals surface area contributed by atoms with Crippen molar-refractivity contribution in [3.63, 3.8) is 0 Å². The Morgan fingerprint density at radius 1 is 0.729 bits per heavy atom. The van der Waals surface area contributed by atoms with Gasteiger partial charge in [-0.1, -0.05) is 90.9 Å². The quantitative estimate of drug-likeness (QED) is 0.0477. The zero-order chi connectivity index (χ0) is 35.5. The molecule has 0 saturated carbocycles. The molecule has 13 heteroatoms. The van der Waals surface area contributed by atoms with Gasteiger partial charge in [0.1, 0.15) is 18.8 Å². The van der Waals surface area contributed by atoms with E-state index in [9.17, 15) is 34.2 Å². The van der Waals surface area contributed by atoms with E-state index in [2.05, 4.69) is 11.7 Å². The van der Waals surface area contributed by atoms with Crippen molar-refractivity contribution in [3.05, 3.63) is 22.7 Å². The van der Waals surface area contributed by atoms with Crippen molar-refractivity contribution in [2.45, 2.75) is 135 Å². The highest BCUT2D eigenvalue weighted by molar-refractivity contribution is 6.19. The van der Waals surface area contributed by atoms with E-state index >= 15 is 0 Å². The minimum absolute atomic E-state index is 0.118. The molecule has 2 aliphatic rings. The fraction of sp³-hybridized carbons (Fsp3) is 0.743. The van der Waals surface area contributed by atoms with Crippen molar-refractivity contribution in [2.24, 2.45) is 5.92 Å². The van der Waals surface area contributed by atoms with E-state index in [0.29, 0.717) is 12.8 Å². The molecular weight excluding hydrogens is 628 g/mol. The molecule has 4 atom stereocenters. The second kappa shape index (κ2) is 22.2. The van der Waals surface area contributed by atoms with Gasteiger partial charge in [0.2, 0.25) is 0 Å². The van der Waals surface area contributed by atoms with E-state index in [1.54, 1.807) is 13.8 Å². The average molecular weight is 683 g/mol. The van der Waals surface area contributed by atoms with Gasteiger partial charge in [-0.2, -0.15) is 0 Å². The van der Waals surface area contributed by atoms with Crippen LogP contribution in [-0.4, -0.2) is 89.7 Å². The van der Waals surface area contributed by atoms with E-state index in [4.69, 9.17) is 24.1 Å². The van der Waals surface area contributed by atoms with Crippen LogP contribution in [0.25, 0.3) is 0 Å². The summed E-state index contributed by atoms with van der Waals surface area (Å²) in [5, 5.41) is 29.4. The predicted molar refractivity (Wildman–Crippen MR) is 173 cm³/mol. The average Bonchev–Trinajstić information content (AvgIpc) is 3.53. The summed E-state index contributed by atoms with van der Waals surface area (Å²) in [4.78, 5) is 61.6. The fourth-order valence-corrected chi connectivity index (χ4v) is 5.59. The van der Waals surface area contributed by atoms with E-state index in [1.807, 2.05) is 0 Å². The highest BCUT2D eigenvalue weighted by atomic mass is 16.6. The van der Waals surface area contributed by atoms with Crippen LogP contribution >= 0.6 is 0 Å². The first-order valence-corrected chi connectivity index (χ1v) is 17.4. The van der Waals surface area contributed by atoms with Crippen LogP contribution in [0.4, 0.5) is 0 Å². The molecule has 0 bridgehead atoms. The number of carbonyl (C=O) groups excluding carboxylic acids is 5. The lowest BCUT2D eigenvalue weighted by molar-refractivity contribution is -0.161. The van der Waals surface area contributed by atoms with Crippen LogP contribution in [0.15, 0.2) is 22.7 Å². The van der Waals surface area contributed by atoms with Gasteiger partial charge >= 0.3 is 23.9 Å². The number of rotatable bonds is 26. The molecular formula is C35H54O13. The Morgan fingerprint density at radius 3 is 1.79 bits per heavy atom. The topological polar surface area (TPSA) is 192 Å². The third kappa shape index (κ3) is 12.9. The third-order valence-corrected chi connectivity index (χ3v) is 8.54. The monoisotopic (exact) mass is 682 g/mol. The van der Waals surface area contributed by atoms with Crippen LogP contribution < -0.4 is 0 Å². The zero-order valence-corrected chi connectivity index (χ0v) is 28.7. The lowest BCUT2D eigenvalue weighted by Crippen LogP contribution is -2.32. The maximum absolute atomic E-state index is 12.7. The van der Waals surface area contributed by atoms with Crippen molar-refractivity contribution in [2.75, 3.05) is 26.4 Å². The summed E-state index contributed by atoms with van der Waals surface area (Å²) < 4.78 is 25.6. The zero-order valence-electron chi connectivity index (χ0n) is 28.7. The number of cyclic esters (lactones) is 2. The Kier molecular flexibility index (Phi) is 18.9. The number of Topliss-reactive ketones (excluding diaryl/α,β-unsaturated/α-hetero) is 1. The molecule has 48 heavy (non-hydrogen) atoms. The standard InChI is InChI=1S/C35H54O13/c1-4-6-7-8-9-10-11-12-13-14-15-16-17-18-24(37)28-31(39)27(48-34(28)42)22-46-32(40)23(3)25(5-2)44-19-20-45-33(41)29-30(38)26(21-36)47-35(29)43/h23,25-27,36,38-39H,4-22H2,1-3H3/t23?,25-,26+,27+/m0/s1. The molecule has 0 aromatic rings. The van der Waals surface area contributed by atoms with Crippen LogP contribution in [-0.2, 0) is 47.7 Å². The number of carbonyl (C=O) groups is 5. The Balaban J connectivity index is 1.67. The van der Waals surface area contributed by atoms with Gasteiger partial charge in [-0.05, 0) is 19.8 Å². The first kappa shape index (κ1) is 40.7. The summed E-state index contributed by atoms with van der Waals surface area (Å²) in [6, 6.07) is 0. The Hall–Kier alpha value is -3.45. The van der Waals surface area contributed by atoms with E-state index < -0.39 is 89.8 Å². The smallest absolute Gasteiger partial charge is 0.350 e. The summed E-state index contributed by atoms with van der Waals surface area (Å²) in [6.07, 6.45) is 12.4. The first-order chi connectivity index (χ1) is 23.1. The summed E-state index contributed by atoms with van der Waals surface area (Å²) >= 11 is 0. The number of esters is 4. The molecule has 1 unspecified atom stereocenters. The van der Waals surface area contributed by atoms with Gasteiger partial charge in [-0.25, -0.2) is 14.4 Å². The van der Waals surface area contributed by atoms with Gasteiger partial charge < -0.3 is 39.0 Å². The van der Waals surface area contributed by atoms with Crippen LogP contribution in [0.3, 0.4) is 0 Å². The normalized spacial score (nSPS) is 18.9. The predicted octanol–water partition coefficient (Wildman–Crippen LogP) is 5.02. The largest absolute Gasteiger partial charge is 0.507 e. The van der Waals surface area contributed by atoms with Gasteiger partial charge in [0, 0.05) is 6.42 Å². The highest BCUT2D eigenvalue weighted by Gasteiger charge is 2.40. The Bertz CT molecular complexity index is 1140. The number of ether oxygens (including phenoxy) is 5. The van der Waals surface area contributed by atoms with Gasteiger partial charge in [-0.3, -0.25) is 9.59 Å². The van der Waals surface area contributed by atoms with Gasteiger partial charge in [0.15, 0.2) is 35.1 Å². The van der Waals surface area contributed by atoms with Crippen LogP contribution in [0.5, 0.6) is 0 Å². The number of hydrogen-bond donors (Lipinski definition) is 3. The van der Waals surface area contributed by atoms with Crippen molar-refractivity contribution >= 4 is 29.7 Å². The summed E-state index contributed by atoms with van der Waals surface area (Å²) in [7, 11) is 0. The minimum atomic E-state index is -1.32. The molecule has 0 amide bonds. The molecule has 13 nitrogen and oxygen atoms in total. The lowest BCUT2D eigenvalue weighted by atomic mass is 10.0. The number of aliphatic hydroxyl groups excluding tert-OH is 3. The maximum Gasteiger partial charge on any atom is 0.350 e. The Morgan fingerprint density at radius 2 is 1.25 bits per heavy atom. The number of ketones is 1. The minimum Gasteiger partial charge on any atom is -0.507 e. The van der Waals surface area contributed by atoms with Crippen molar-refractivity contribution in [3.8, 4) is 0 Å². The molecule has 2 heterocycles. The maximum atomic E-state index is 12.7. The van der Waals surface area contributed by atoms with Crippen LogP contribution in [0.1, 0.15) is 117 Å². The van der Waals surface area contributed by atoms with E-state index in [-0.39, 0.29) is 19.6 Å². The number of unbranched alkanes of at least 4 members (excludes halogenated alkanes) is 12. The third-order valence-electron chi connectivity index (χ3n) is 8.54. The molecule has 0 aromatic heterocycles. The van der Waals surface area contributed by atoms with Crippen molar-refractivity contribution < 1.29 is 63.0 Å². The first-order valence-electron chi connectivity index (χ1n) is 17.4. The molecule has 2 aliphatic heterocycles. The van der Waals surface area contributed by atoms with Crippen molar-refractivity contribution in [1.82, 2.24) is 0 Å².